The number of aliphatic hydroxyl groups is 1. The lowest BCUT2D eigenvalue weighted by Gasteiger charge is -2.17. The highest BCUT2D eigenvalue weighted by Gasteiger charge is 2.29. The molecule has 20 heavy (non-hydrogen) atoms. The molecule has 1 aromatic heterocycles. The number of aromatic carboxylic acids is 1. The van der Waals surface area contributed by atoms with Crippen LogP contribution in [0.2, 0.25) is 0 Å². The highest BCUT2D eigenvalue weighted by atomic mass is 32.2. The minimum Gasteiger partial charge on any atom is -0.477 e. The maximum absolute atomic E-state index is 12.1. The van der Waals surface area contributed by atoms with Crippen molar-refractivity contribution < 1.29 is 23.4 Å². The molecular formula is C12H17NO5S2. The summed E-state index contributed by atoms with van der Waals surface area (Å²) in [6.07, 6.45) is 2.77. The highest BCUT2D eigenvalue weighted by Crippen LogP contribution is 2.31. The van der Waals surface area contributed by atoms with E-state index in [4.69, 9.17) is 5.11 Å². The lowest BCUT2D eigenvalue weighted by molar-refractivity contribution is 0.0698. The summed E-state index contributed by atoms with van der Waals surface area (Å²) in [4.78, 5) is 10.6. The van der Waals surface area contributed by atoms with Gasteiger partial charge in [-0.3, -0.25) is 0 Å². The molecule has 2 rings (SSSR count). The average Bonchev–Trinajstić information content (AvgIpc) is 3.05. The number of nitrogens with one attached hydrogen (secondary N) is 1. The topological polar surface area (TPSA) is 104 Å². The van der Waals surface area contributed by atoms with Gasteiger partial charge < -0.3 is 10.2 Å². The van der Waals surface area contributed by atoms with Crippen LogP contribution in [-0.2, 0) is 10.0 Å². The van der Waals surface area contributed by atoms with Gasteiger partial charge >= 0.3 is 5.97 Å². The molecule has 112 valence electrons. The molecule has 8 heteroatoms. The summed E-state index contributed by atoms with van der Waals surface area (Å²) in [6.45, 7) is 0.299. The Morgan fingerprint density at radius 2 is 2.10 bits per heavy atom. The fourth-order valence-electron chi connectivity index (χ4n) is 2.58. The summed E-state index contributed by atoms with van der Waals surface area (Å²) < 4.78 is 26.7. The predicted octanol–water partition coefficient (Wildman–Crippen LogP) is 1.13. The van der Waals surface area contributed by atoms with Crippen molar-refractivity contribution in [2.24, 2.45) is 11.8 Å². The number of carboxylic acids is 1. The number of hydrogen-bond donors (Lipinski definition) is 3. The zero-order valence-corrected chi connectivity index (χ0v) is 12.4. The molecule has 0 aromatic carbocycles. The molecule has 1 aromatic rings. The van der Waals surface area contributed by atoms with E-state index in [2.05, 4.69) is 4.72 Å². The van der Waals surface area contributed by atoms with Crippen LogP contribution in [0.15, 0.2) is 16.3 Å². The summed E-state index contributed by atoms with van der Waals surface area (Å²) in [7, 11) is -3.81. The first-order valence-electron chi connectivity index (χ1n) is 6.37. The Morgan fingerprint density at radius 3 is 2.75 bits per heavy atom. The van der Waals surface area contributed by atoms with Gasteiger partial charge in [0.25, 0.3) is 0 Å². The zero-order chi connectivity index (χ0) is 14.8. The van der Waals surface area contributed by atoms with Gasteiger partial charge in [-0.1, -0.05) is 6.42 Å². The van der Waals surface area contributed by atoms with E-state index < -0.39 is 16.0 Å². The van der Waals surface area contributed by atoms with E-state index in [0.29, 0.717) is 0 Å². The SMILES string of the molecule is O=C(O)c1sccc1S(=O)(=O)NCC1CCCC1CO. The first-order chi connectivity index (χ1) is 9.45. The number of hydrogen-bond acceptors (Lipinski definition) is 5. The van der Waals surface area contributed by atoms with E-state index in [0.717, 1.165) is 30.6 Å². The third-order valence-electron chi connectivity index (χ3n) is 3.70. The second-order valence-electron chi connectivity index (χ2n) is 4.90. The summed E-state index contributed by atoms with van der Waals surface area (Å²) in [5.41, 5.74) is 0. The smallest absolute Gasteiger partial charge is 0.347 e. The van der Waals surface area contributed by atoms with E-state index in [9.17, 15) is 18.3 Å². The third kappa shape index (κ3) is 3.20. The maximum atomic E-state index is 12.1. The second kappa shape index (κ2) is 6.21. The van der Waals surface area contributed by atoms with Crippen LogP contribution >= 0.6 is 11.3 Å². The standard InChI is InChI=1S/C12H17NO5S2/c14-7-9-3-1-2-8(9)6-13-20(17,18)10-4-5-19-11(10)12(15)16/h4-5,8-9,13-14H,1-3,6-7H2,(H,15,16). The fraction of sp³-hybridized carbons (Fsp3) is 0.583. The van der Waals surface area contributed by atoms with Crippen LogP contribution in [0.1, 0.15) is 28.9 Å². The number of thiophene rings is 1. The first-order valence-corrected chi connectivity index (χ1v) is 8.73. The minimum atomic E-state index is -3.81. The van der Waals surface area contributed by atoms with Crippen molar-refractivity contribution in [3.05, 3.63) is 16.3 Å². The Hall–Kier alpha value is -0.960. The quantitative estimate of drug-likeness (QED) is 0.729. The number of rotatable bonds is 6. The Labute approximate surface area is 121 Å². The van der Waals surface area contributed by atoms with Crippen LogP contribution in [0.25, 0.3) is 0 Å². The average molecular weight is 319 g/mol. The molecule has 0 spiro atoms. The first kappa shape index (κ1) is 15.4. The molecule has 1 fully saturated rings. The summed E-state index contributed by atoms with van der Waals surface area (Å²) >= 11 is 0.889. The summed E-state index contributed by atoms with van der Waals surface area (Å²) in [5, 5.41) is 19.6. The van der Waals surface area contributed by atoms with Crippen LogP contribution < -0.4 is 4.72 Å². The Bertz CT molecular complexity index is 580. The van der Waals surface area contributed by atoms with Crippen LogP contribution in [0.4, 0.5) is 0 Å². The van der Waals surface area contributed by atoms with Gasteiger partial charge in [-0.2, -0.15) is 0 Å². The molecule has 1 aliphatic carbocycles. The van der Waals surface area contributed by atoms with Crippen molar-refractivity contribution in [1.82, 2.24) is 4.72 Å². The van der Waals surface area contributed by atoms with E-state index in [1.807, 2.05) is 0 Å². The van der Waals surface area contributed by atoms with E-state index in [-0.39, 0.29) is 34.8 Å². The molecule has 0 amide bonds. The van der Waals surface area contributed by atoms with Crippen LogP contribution in [0.5, 0.6) is 0 Å². The van der Waals surface area contributed by atoms with Gasteiger partial charge in [-0.05, 0) is 36.1 Å². The van der Waals surface area contributed by atoms with Crippen molar-refractivity contribution in [1.29, 1.82) is 0 Å². The Kier molecular flexibility index (Phi) is 4.79. The lowest BCUT2D eigenvalue weighted by Crippen LogP contribution is -2.32. The molecule has 1 aliphatic rings. The molecule has 0 radical (unpaired) electrons. The normalized spacial score (nSPS) is 23.1. The Balaban J connectivity index is 2.08. The van der Waals surface area contributed by atoms with E-state index in [1.54, 1.807) is 0 Å². The van der Waals surface area contributed by atoms with Crippen LogP contribution in [0.3, 0.4) is 0 Å². The molecule has 2 atom stereocenters. The highest BCUT2D eigenvalue weighted by molar-refractivity contribution is 7.89. The second-order valence-corrected chi connectivity index (χ2v) is 7.56. The van der Waals surface area contributed by atoms with Gasteiger partial charge in [0.1, 0.15) is 9.77 Å². The molecule has 1 saturated carbocycles. The predicted molar refractivity (Wildman–Crippen MR) is 74.4 cm³/mol. The lowest BCUT2D eigenvalue weighted by atomic mass is 9.97. The van der Waals surface area contributed by atoms with E-state index >= 15 is 0 Å². The van der Waals surface area contributed by atoms with Gasteiger partial charge in [-0.15, -0.1) is 11.3 Å². The number of carbonyl (C=O) groups is 1. The number of sulfonamides is 1. The molecule has 0 saturated heterocycles. The van der Waals surface area contributed by atoms with Gasteiger partial charge in [-0.25, -0.2) is 17.9 Å². The van der Waals surface area contributed by atoms with Gasteiger partial charge in [0.05, 0.1) is 0 Å². The zero-order valence-electron chi connectivity index (χ0n) is 10.8. The van der Waals surface area contributed by atoms with Gasteiger partial charge in [0, 0.05) is 13.2 Å². The number of aliphatic hydroxyl groups excluding tert-OH is 1. The number of carboxylic acid groups (broad SMARTS) is 1. The van der Waals surface area contributed by atoms with Crippen molar-refractivity contribution in [3.8, 4) is 0 Å². The Morgan fingerprint density at radius 1 is 1.40 bits per heavy atom. The maximum Gasteiger partial charge on any atom is 0.347 e. The van der Waals surface area contributed by atoms with Gasteiger partial charge in [0.2, 0.25) is 10.0 Å². The monoisotopic (exact) mass is 319 g/mol. The van der Waals surface area contributed by atoms with Crippen molar-refractivity contribution >= 4 is 27.3 Å². The minimum absolute atomic E-state index is 0.0607. The molecular weight excluding hydrogens is 302 g/mol. The summed E-state index contributed by atoms with van der Waals surface area (Å²) in [6, 6.07) is 1.30. The molecule has 3 N–H and O–H groups in total. The van der Waals surface area contributed by atoms with Crippen LogP contribution in [0, 0.1) is 11.8 Å². The van der Waals surface area contributed by atoms with Crippen molar-refractivity contribution in [3.63, 3.8) is 0 Å². The van der Waals surface area contributed by atoms with Crippen molar-refractivity contribution in [2.75, 3.05) is 13.2 Å². The fourth-order valence-corrected chi connectivity index (χ4v) is 4.93. The van der Waals surface area contributed by atoms with E-state index in [1.165, 1.54) is 11.4 Å². The van der Waals surface area contributed by atoms with Crippen molar-refractivity contribution in [2.45, 2.75) is 24.2 Å². The molecule has 0 bridgehead atoms. The third-order valence-corrected chi connectivity index (χ3v) is 6.20. The molecule has 2 unspecified atom stereocenters. The molecule has 0 aliphatic heterocycles. The van der Waals surface area contributed by atoms with Gasteiger partial charge in [0.15, 0.2) is 0 Å². The summed E-state index contributed by atoms with van der Waals surface area (Å²) in [5.74, 6) is -1.00. The van der Waals surface area contributed by atoms with Crippen LogP contribution in [-0.4, -0.2) is 37.8 Å². The molecule has 1 heterocycles. The molecule has 6 nitrogen and oxygen atoms in total. The largest absolute Gasteiger partial charge is 0.477 e.